The van der Waals surface area contributed by atoms with E-state index in [1.807, 2.05) is 22.9 Å². The van der Waals surface area contributed by atoms with Gasteiger partial charge in [0.15, 0.2) is 0 Å². The van der Waals surface area contributed by atoms with Gasteiger partial charge < -0.3 is 5.11 Å². The molecule has 0 bridgehead atoms. The third-order valence-corrected chi connectivity index (χ3v) is 2.56. The topological polar surface area (TPSA) is 37.5 Å². The van der Waals surface area contributed by atoms with E-state index in [0.29, 0.717) is 0 Å². The molecule has 0 aliphatic carbocycles. The average molecular weight is 168 g/mol. The Balaban J connectivity index is 2.70. The monoisotopic (exact) mass is 168 g/mol. The van der Waals surface area contributed by atoms with Gasteiger partial charge >= 0.3 is 0 Å². The van der Waals surface area contributed by atoms with E-state index in [4.69, 9.17) is 5.11 Å². The molecule has 1 N–H and O–H groups in total. The van der Waals surface area contributed by atoms with Crippen LogP contribution in [0.2, 0.25) is 0 Å². The number of aliphatic hydroxyl groups excluding tert-OH is 1. The second kappa shape index (κ2) is 2.32. The van der Waals surface area contributed by atoms with Crippen LogP contribution in [-0.2, 0) is 6.61 Å². The fourth-order valence-electron chi connectivity index (χ4n) is 1.02. The molecular formula is C7H8N2OS. The van der Waals surface area contributed by atoms with Crippen molar-refractivity contribution >= 4 is 16.2 Å². The van der Waals surface area contributed by atoms with E-state index in [1.165, 1.54) is 0 Å². The number of hydrogen-bond acceptors (Lipinski definition) is 3. The van der Waals surface area contributed by atoms with Gasteiger partial charge in [0.2, 0.25) is 0 Å². The summed E-state index contributed by atoms with van der Waals surface area (Å²) in [6.07, 6.45) is 0. The molecule has 0 amide bonds. The molecule has 4 heteroatoms. The molecule has 58 valence electrons. The first-order valence-corrected chi connectivity index (χ1v) is 4.23. The summed E-state index contributed by atoms with van der Waals surface area (Å²) in [4.78, 5) is 1.09. The zero-order chi connectivity index (χ0) is 7.84. The lowest BCUT2D eigenvalue weighted by Gasteiger charge is -1.85. The first-order valence-electron chi connectivity index (χ1n) is 3.35. The normalized spacial score (nSPS) is 11.1. The zero-order valence-corrected chi connectivity index (χ0v) is 6.93. The van der Waals surface area contributed by atoms with E-state index < -0.39 is 0 Å². The number of fused-ring (bicyclic) bond motifs is 1. The van der Waals surface area contributed by atoms with Gasteiger partial charge in [0, 0.05) is 5.38 Å². The van der Waals surface area contributed by atoms with Crippen molar-refractivity contribution in [1.82, 2.24) is 9.61 Å². The maximum Gasteiger partial charge on any atom is 0.119 e. The van der Waals surface area contributed by atoms with Gasteiger partial charge in [-0.1, -0.05) is 0 Å². The fraction of sp³-hybridized carbons (Fsp3) is 0.286. The standard InChI is InChI=1S/C7H8N2OS/c1-5-4-11-7-2-6(3-10)8-9(5)7/h2,4,10H,3H2,1H3. The van der Waals surface area contributed by atoms with E-state index in [2.05, 4.69) is 5.10 Å². The van der Waals surface area contributed by atoms with Gasteiger partial charge in [0.25, 0.3) is 0 Å². The Morgan fingerprint density at radius 2 is 2.55 bits per heavy atom. The van der Waals surface area contributed by atoms with Gasteiger partial charge in [-0.05, 0) is 13.0 Å². The molecular weight excluding hydrogens is 160 g/mol. The molecule has 0 unspecified atom stereocenters. The molecule has 2 aromatic rings. The lowest BCUT2D eigenvalue weighted by molar-refractivity contribution is 0.276. The molecule has 0 spiro atoms. The van der Waals surface area contributed by atoms with Gasteiger partial charge in [0.05, 0.1) is 18.0 Å². The van der Waals surface area contributed by atoms with E-state index in [9.17, 15) is 0 Å². The number of nitrogens with zero attached hydrogens (tertiary/aromatic N) is 2. The second-order valence-corrected chi connectivity index (χ2v) is 3.31. The van der Waals surface area contributed by atoms with Crippen LogP contribution in [0.4, 0.5) is 0 Å². The van der Waals surface area contributed by atoms with Crippen molar-refractivity contribution in [3.63, 3.8) is 0 Å². The maximum absolute atomic E-state index is 8.78. The largest absolute Gasteiger partial charge is 0.390 e. The lowest BCUT2D eigenvalue weighted by atomic mass is 10.5. The Hall–Kier alpha value is -0.870. The Morgan fingerprint density at radius 1 is 1.73 bits per heavy atom. The number of thiazole rings is 1. The van der Waals surface area contributed by atoms with Gasteiger partial charge in [0.1, 0.15) is 4.83 Å². The van der Waals surface area contributed by atoms with Gasteiger partial charge in [-0.2, -0.15) is 5.10 Å². The molecule has 0 aliphatic rings. The summed E-state index contributed by atoms with van der Waals surface area (Å²) in [6.45, 7) is 2.02. The third kappa shape index (κ3) is 0.948. The SMILES string of the molecule is Cc1csc2cc(CO)nn12. The highest BCUT2D eigenvalue weighted by atomic mass is 32.1. The highest BCUT2D eigenvalue weighted by Gasteiger charge is 2.02. The highest BCUT2D eigenvalue weighted by Crippen LogP contribution is 2.16. The van der Waals surface area contributed by atoms with Gasteiger partial charge in [-0.3, -0.25) is 0 Å². The minimum absolute atomic E-state index is 0.0217. The van der Waals surface area contributed by atoms with Crippen molar-refractivity contribution < 1.29 is 5.11 Å². The molecule has 0 aliphatic heterocycles. The molecule has 0 atom stereocenters. The quantitative estimate of drug-likeness (QED) is 0.694. The molecule has 11 heavy (non-hydrogen) atoms. The van der Waals surface area contributed by atoms with E-state index in [-0.39, 0.29) is 6.61 Å². The molecule has 2 aromatic heterocycles. The predicted octanol–water partition coefficient (Wildman–Crippen LogP) is 1.20. The number of aliphatic hydroxyl groups is 1. The lowest BCUT2D eigenvalue weighted by Crippen LogP contribution is -1.88. The summed E-state index contributed by atoms with van der Waals surface area (Å²) in [7, 11) is 0. The molecule has 0 fully saturated rings. The van der Waals surface area contributed by atoms with Crippen LogP contribution in [-0.4, -0.2) is 14.7 Å². The predicted molar refractivity (Wildman–Crippen MR) is 43.7 cm³/mol. The second-order valence-electron chi connectivity index (χ2n) is 2.42. The summed E-state index contributed by atoms with van der Waals surface area (Å²) in [6, 6.07) is 1.90. The maximum atomic E-state index is 8.78. The van der Waals surface area contributed by atoms with Crippen LogP contribution < -0.4 is 0 Å². The Bertz CT molecular complexity index is 377. The van der Waals surface area contributed by atoms with Gasteiger partial charge in [-0.15, -0.1) is 11.3 Å². The van der Waals surface area contributed by atoms with Crippen molar-refractivity contribution in [3.05, 3.63) is 22.8 Å². The molecule has 0 saturated carbocycles. The van der Waals surface area contributed by atoms with Crippen molar-refractivity contribution in [1.29, 1.82) is 0 Å². The number of hydrogen-bond donors (Lipinski definition) is 1. The fourth-order valence-corrected chi connectivity index (χ4v) is 1.90. The summed E-state index contributed by atoms with van der Waals surface area (Å²) in [5.74, 6) is 0. The van der Waals surface area contributed by atoms with Crippen LogP contribution in [0.15, 0.2) is 11.4 Å². The van der Waals surface area contributed by atoms with Crippen LogP contribution in [0.5, 0.6) is 0 Å². The molecule has 2 heterocycles. The van der Waals surface area contributed by atoms with E-state index in [0.717, 1.165) is 16.2 Å². The van der Waals surface area contributed by atoms with Crippen LogP contribution in [0.1, 0.15) is 11.4 Å². The summed E-state index contributed by atoms with van der Waals surface area (Å²) in [5, 5.41) is 15.0. The zero-order valence-electron chi connectivity index (χ0n) is 6.11. The van der Waals surface area contributed by atoms with E-state index in [1.54, 1.807) is 11.3 Å². The Kier molecular flexibility index (Phi) is 1.44. The Labute approximate surface area is 67.9 Å². The average Bonchev–Trinajstić information content (AvgIpc) is 2.53. The van der Waals surface area contributed by atoms with Crippen molar-refractivity contribution in [2.24, 2.45) is 0 Å². The smallest absolute Gasteiger partial charge is 0.119 e. The highest BCUT2D eigenvalue weighted by molar-refractivity contribution is 7.15. The van der Waals surface area contributed by atoms with Gasteiger partial charge in [-0.25, -0.2) is 4.52 Å². The minimum atomic E-state index is 0.0217. The summed E-state index contributed by atoms with van der Waals surface area (Å²) in [5.41, 5.74) is 1.85. The number of aromatic nitrogens is 2. The summed E-state index contributed by atoms with van der Waals surface area (Å²) < 4.78 is 1.84. The summed E-state index contributed by atoms with van der Waals surface area (Å²) >= 11 is 1.64. The van der Waals surface area contributed by atoms with Crippen LogP contribution in [0.3, 0.4) is 0 Å². The molecule has 0 aromatic carbocycles. The van der Waals surface area contributed by atoms with E-state index >= 15 is 0 Å². The first-order chi connectivity index (χ1) is 5.31. The van der Waals surface area contributed by atoms with Crippen molar-refractivity contribution in [2.45, 2.75) is 13.5 Å². The van der Waals surface area contributed by atoms with Crippen molar-refractivity contribution in [3.8, 4) is 0 Å². The first kappa shape index (κ1) is 6.82. The number of aryl methyl sites for hydroxylation is 1. The molecule has 0 radical (unpaired) electrons. The Morgan fingerprint density at radius 3 is 3.18 bits per heavy atom. The van der Waals surface area contributed by atoms with Crippen molar-refractivity contribution in [2.75, 3.05) is 0 Å². The molecule has 0 saturated heterocycles. The number of rotatable bonds is 1. The third-order valence-electron chi connectivity index (χ3n) is 1.57. The van der Waals surface area contributed by atoms with Crippen LogP contribution in [0, 0.1) is 6.92 Å². The van der Waals surface area contributed by atoms with Crippen LogP contribution in [0.25, 0.3) is 4.83 Å². The minimum Gasteiger partial charge on any atom is -0.390 e. The van der Waals surface area contributed by atoms with Crippen LogP contribution >= 0.6 is 11.3 Å². The molecule has 3 nitrogen and oxygen atoms in total. The molecule has 2 rings (SSSR count).